The molecule has 0 atom stereocenters. The Hall–Kier alpha value is -0.340. The van der Waals surface area contributed by atoms with Gasteiger partial charge in [-0.3, -0.25) is 0 Å². The Morgan fingerprint density at radius 2 is 2.10 bits per heavy atom. The third-order valence-electron chi connectivity index (χ3n) is 1.30. The van der Waals surface area contributed by atoms with Gasteiger partial charge in [0.1, 0.15) is 0 Å². The van der Waals surface area contributed by atoms with Gasteiger partial charge in [0.05, 0.1) is 6.61 Å². The van der Waals surface area contributed by atoms with Crippen molar-refractivity contribution in [1.82, 2.24) is 4.90 Å². The molecule has 0 bridgehead atoms. The third-order valence-corrected chi connectivity index (χ3v) is 1.30. The summed E-state index contributed by atoms with van der Waals surface area (Å²) < 4.78 is 0. The van der Waals surface area contributed by atoms with Crippen LogP contribution in [0.5, 0.6) is 0 Å². The van der Waals surface area contributed by atoms with Gasteiger partial charge in [0.15, 0.2) is 0 Å². The first-order chi connectivity index (χ1) is 4.81. The van der Waals surface area contributed by atoms with Crippen molar-refractivity contribution in [3.05, 3.63) is 12.2 Å². The second kappa shape index (κ2) is 6.78. The van der Waals surface area contributed by atoms with E-state index in [1.807, 2.05) is 7.05 Å². The van der Waals surface area contributed by atoms with Gasteiger partial charge in [-0.1, -0.05) is 19.1 Å². The van der Waals surface area contributed by atoms with Crippen LogP contribution < -0.4 is 0 Å². The van der Waals surface area contributed by atoms with Crippen molar-refractivity contribution < 1.29 is 5.11 Å². The van der Waals surface area contributed by atoms with Crippen molar-refractivity contribution in [2.24, 2.45) is 0 Å². The van der Waals surface area contributed by atoms with Crippen LogP contribution in [-0.2, 0) is 0 Å². The minimum Gasteiger partial charge on any atom is -0.395 e. The maximum Gasteiger partial charge on any atom is 0.0558 e. The summed E-state index contributed by atoms with van der Waals surface area (Å²) in [4.78, 5) is 2.08. The zero-order valence-corrected chi connectivity index (χ0v) is 6.88. The number of nitrogens with zero attached hydrogens (tertiary/aromatic N) is 1. The Morgan fingerprint density at radius 1 is 1.40 bits per heavy atom. The SMILES string of the molecule is CC/C=C/CN(C)CCO. The number of aliphatic hydroxyl groups excluding tert-OH is 1. The van der Waals surface area contributed by atoms with Crippen LogP contribution in [0.25, 0.3) is 0 Å². The van der Waals surface area contributed by atoms with Crippen LogP contribution in [0.1, 0.15) is 13.3 Å². The summed E-state index contributed by atoms with van der Waals surface area (Å²) in [5, 5.41) is 8.53. The average molecular weight is 143 g/mol. The van der Waals surface area contributed by atoms with Crippen molar-refractivity contribution in [2.75, 3.05) is 26.7 Å². The molecule has 0 fully saturated rings. The molecule has 0 heterocycles. The van der Waals surface area contributed by atoms with Crippen LogP contribution in [0.3, 0.4) is 0 Å². The molecule has 0 aromatic heterocycles. The normalized spacial score (nSPS) is 11.6. The predicted molar refractivity (Wildman–Crippen MR) is 44.0 cm³/mol. The molecule has 10 heavy (non-hydrogen) atoms. The highest BCUT2D eigenvalue weighted by atomic mass is 16.3. The van der Waals surface area contributed by atoms with Crippen LogP contribution >= 0.6 is 0 Å². The topological polar surface area (TPSA) is 23.5 Å². The van der Waals surface area contributed by atoms with Gasteiger partial charge < -0.3 is 10.0 Å². The molecular formula is C8H17NO. The van der Waals surface area contributed by atoms with Crippen LogP contribution in [0, 0.1) is 0 Å². The summed E-state index contributed by atoms with van der Waals surface area (Å²) in [5.74, 6) is 0. The van der Waals surface area contributed by atoms with Gasteiger partial charge in [0.2, 0.25) is 0 Å². The standard InChI is InChI=1S/C8H17NO/c1-3-4-5-6-9(2)7-8-10/h4-5,10H,3,6-8H2,1-2H3/b5-4+. The van der Waals surface area contributed by atoms with E-state index in [0.717, 1.165) is 19.5 Å². The van der Waals surface area contributed by atoms with E-state index in [1.165, 1.54) is 0 Å². The Balaban J connectivity index is 3.20. The lowest BCUT2D eigenvalue weighted by atomic mass is 10.4. The van der Waals surface area contributed by atoms with Gasteiger partial charge >= 0.3 is 0 Å². The van der Waals surface area contributed by atoms with Crippen molar-refractivity contribution in [2.45, 2.75) is 13.3 Å². The van der Waals surface area contributed by atoms with E-state index in [4.69, 9.17) is 5.11 Å². The average Bonchev–Trinajstić information content (AvgIpc) is 1.89. The number of rotatable bonds is 5. The minimum absolute atomic E-state index is 0.246. The van der Waals surface area contributed by atoms with Gasteiger partial charge in [-0.2, -0.15) is 0 Å². The molecule has 0 radical (unpaired) electrons. The molecule has 0 saturated carbocycles. The van der Waals surface area contributed by atoms with E-state index >= 15 is 0 Å². The summed E-state index contributed by atoms with van der Waals surface area (Å²) in [6.45, 7) is 4.06. The summed E-state index contributed by atoms with van der Waals surface area (Å²) in [6.07, 6.45) is 5.34. The van der Waals surface area contributed by atoms with Crippen molar-refractivity contribution in [3.63, 3.8) is 0 Å². The largest absolute Gasteiger partial charge is 0.395 e. The second-order valence-corrected chi connectivity index (χ2v) is 2.37. The molecule has 0 amide bonds. The van der Waals surface area contributed by atoms with Gasteiger partial charge in [-0.25, -0.2) is 0 Å². The number of hydrogen-bond donors (Lipinski definition) is 1. The van der Waals surface area contributed by atoms with Crippen LogP contribution in [-0.4, -0.2) is 36.8 Å². The molecule has 0 aromatic rings. The number of allylic oxidation sites excluding steroid dienone is 1. The monoisotopic (exact) mass is 143 g/mol. The third kappa shape index (κ3) is 5.79. The first-order valence-electron chi connectivity index (χ1n) is 3.75. The van der Waals surface area contributed by atoms with E-state index in [0.29, 0.717) is 0 Å². The Bertz CT molecular complexity index is 91.3. The molecular weight excluding hydrogens is 126 g/mol. The van der Waals surface area contributed by atoms with E-state index < -0.39 is 0 Å². The highest BCUT2D eigenvalue weighted by molar-refractivity contribution is 4.82. The molecule has 2 nitrogen and oxygen atoms in total. The van der Waals surface area contributed by atoms with Gasteiger partial charge in [0, 0.05) is 13.1 Å². The Labute approximate surface area is 63.2 Å². The predicted octanol–water partition coefficient (Wildman–Crippen LogP) is 0.877. The highest BCUT2D eigenvalue weighted by Gasteiger charge is 1.90. The quantitative estimate of drug-likeness (QED) is 0.577. The van der Waals surface area contributed by atoms with Gasteiger partial charge in [-0.15, -0.1) is 0 Å². The lowest BCUT2D eigenvalue weighted by Crippen LogP contribution is -2.21. The number of likely N-dealkylation sites (N-methyl/N-ethyl adjacent to an activating group) is 1. The van der Waals surface area contributed by atoms with E-state index in [9.17, 15) is 0 Å². The number of hydrogen-bond acceptors (Lipinski definition) is 2. The first-order valence-corrected chi connectivity index (χ1v) is 3.75. The van der Waals surface area contributed by atoms with E-state index in [-0.39, 0.29) is 6.61 Å². The van der Waals surface area contributed by atoms with Crippen LogP contribution in [0.4, 0.5) is 0 Å². The second-order valence-electron chi connectivity index (χ2n) is 2.37. The molecule has 0 saturated heterocycles. The molecule has 0 aliphatic heterocycles. The maximum absolute atomic E-state index is 8.53. The zero-order valence-electron chi connectivity index (χ0n) is 6.88. The Morgan fingerprint density at radius 3 is 2.60 bits per heavy atom. The van der Waals surface area contributed by atoms with Gasteiger partial charge in [-0.05, 0) is 13.5 Å². The fourth-order valence-electron chi connectivity index (χ4n) is 0.683. The molecule has 0 spiro atoms. The van der Waals surface area contributed by atoms with Crippen LogP contribution in [0.15, 0.2) is 12.2 Å². The zero-order chi connectivity index (χ0) is 7.82. The summed E-state index contributed by atoms with van der Waals surface area (Å²) in [7, 11) is 2.00. The fraction of sp³-hybridized carbons (Fsp3) is 0.750. The van der Waals surface area contributed by atoms with E-state index in [2.05, 4.69) is 24.0 Å². The van der Waals surface area contributed by atoms with Crippen molar-refractivity contribution >= 4 is 0 Å². The Kier molecular flexibility index (Phi) is 6.55. The van der Waals surface area contributed by atoms with Crippen LogP contribution in [0.2, 0.25) is 0 Å². The smallest absolute Gasteiger partial charge is 0.0558 e. The van der Waals surface area contributed by atoms with E-state index in [1.54, 1.807) is 0 Å². The molecule has 1 N–H and O–H groups in total. The molecule has 0 aliphatic rings. The summed E-state index contributed by atoms with van der Waals surface area (Å²) in [6, 6.07) is 0. The molecule has 60 valence electrons. The van der Waals surface area contributed by atoms with Gasteiger partial charge in [0.25, 0.3) is 0 Å². The summed E-state index contributed by atoms with van der Waals surface area (Å²) >= 11 is 0. The summed E-state index contributed by atoms with van der Waals surface area (Å²) in [5.41, 5.74) is 0. The minimum atomic E-state index is 0.246. The first kappa shape index (κ1) is 9.66. The molecule has 2 heteroatoms. The van der Waals surface area contributed by atoms with Crippen molar-refractivity contribution in [1.29, 1.82) is 0 Å². The maximum atomic E-state index is 8.53. The highest BCUT2D eigenvalue weighted by Crippen LogP contribution is 1.84. The lowest BCUT2D eigenvalue weighted by Gasteiger charge is -2.10. The lowest BCUT2D eigenvalue weighted by molar-refractivity contribution is 0.232. The molecule has 0 unspecified atom stereocenters. The van der Waals surface area contributed by atoms with Crippen molar-refractivity contribution in [3.8, 4) is 0 Å². The molecule has 0 rings (SSSR count). The fourth-order valence-corrected chi connectivity index (χ4v) is 0.683. The molecule has 0 aromatic carbocycles. The number of aliphatic hydroxyl groups is 1. The molecule has 0 aliphatic carbocycles.